The van der Waals surface area contributed by atoms with Crippen LogP contribution in [-0.4, -0.2) is 24.8 Å². The molecule has 20 heavy (non-hydrogen) atoms. The highest BCUT2D eigenvalue weighted by molar-refractivity contribution is 9.09. The van der Waals surface area contributed by atoms with Crippen LogP contribution in [0.1, 0.15) is 42.1 Å². The van der Waals surface area contributed by atoms with Crippen molar-refractivity contribution in [3.63, 3.8) is 0 Å². The summed E-state index contributed by atoms with van der Waals surface area (Å²) < 4.78 is 10.6. The zero-order chi connectivity index (χ0) is 14.7. The van der Waals surface area contributed by atoms with Crippen molar-refractivity contribution in [2.75, 3.05) is 14.2 Å². The SMILES string of the molecule is COc1cc2c(cc1OC)C(=O)C(CCCC(C)Br)C2. The van der Waals surface area contributed by atoms with Gasteiger partial charge in [-0.05, 0) is 37.0 Å². The van der Waals surface area contributed by atoms with Crippen molar-refractivity contribution >= 4 is 21.7 Å². The number of halogens is 1. The molecule has 0 radical (unpaired) electrons. The van der Waals surface area contributed by atoms with Gasteiger partial charge in [0.1, 0.15) is 0 Å². The number of rotatable bonds is 6. The van der Waals surface area contributed by atoms with Crippen molar-refractivity contribution < 1.29 is 14.3 Å². The Hall–Kier alpha value is -1.03. The summed E-state index contributed by atoms with van der Waals surface area (Å²) in [5.74, 6) is 1.71. The smallest absolute Gasteiger partial charge is 0.166 e. The number of ether oxygens (including phenoxy) is 2. The van der Waals surface area contributed by atoms with Crippen LogP contribution in [0.4, 0.5) is 0 Å². The summed E-state index contributed by atoms with van der Waals surface area (Å²) in [7, 11) is 3.22. The summed E-state index contributed by atoms with van der Waals surface area (Å²) in [5, 5.41) is 0. The molecular formula is C16H21BrO3. The molecule has 3 nitrogen and oxygen atoms in total. The zero-order valence-corrected chi connectivity index (χ0v) is 13.8. The Kier molecular flexibility index (Phi) is 5.08. The minimum atomic E-state index is 0.119. The summed E-state index contributed by atoms with van der Waals surface area (Å²) in [4.78, 5) is 12.9. The van der Waals surface area contributed by atoms with E-state index in [2.05, 4.69) is 22.9 Å². The van der Waals surface area contributed by atoms with Crippen LogP contribution in [0.25, 0.3) is 0 Å². The molecule has 2 atom stereocenters. The van der Waals surface area contributed by atoms with Crippen molar-refractivity contribution in [3.05, 3.63) is 23.3 Å². The first-order valence-corrected chi connectivity index (χ1v) is 7.91. The number of carbonyl (C=O) groups is 1. The summed E-state index contributed by atoms with van der Waals surface area (Å²) >= 11 is 3.55. The lowest BCUT2D eigenvalue weighted by molar-refractivity contribution is 0.0929. The summed E-state index contributed by atoms with van der Waals surface area (Å²) in [6.07, 6.45) is 3.96. The molecule has 1 aliphatic rings. The summed E-state index contributed by atoms with van der Waals surface area (Å²) in [5.41, 5.74) is 1.89. The lowest BCUT2D eigenvalue weighted by Crippen LogP contribution is -2.09. The fraction of sp³-hybridized carbons (Fsp3) is 0.562. The van der Waals surface area contributed by atoms with E-state index in [1.54, 1.807) is 14.2 Å². The van der Waals surface area contributed by atoms with Gasteiger partial charge in [-0.15, -0.1) is 0 Å². The van der Waals surface area contributed by atoms with Crippen LogP contribution in [0.3, 0.4) is 0 Å². The molecule has 110 valence electrons. The van der Waals surface area contributed by atoms with E-state index in [9.17, 15) is 4.79 Å². The first kappa shape index (κ1) is 15.4. The second-order valence-corrected chi connectivity index (χ2v) is 6.90. The second-order valence-electron chi connectivity index (χ2n) is 5.34. The normalized spacial score (nSPS) is 18.8. The second kappa shape index (κ2) is 6.61. The Balaban J connectivity index is 2.12. The predicted molar refractivity (Wildman–Crippen MR) is 83.3 cm³/mol. The van der Waals surface area contributed by atoms with Crippen molar-refractivity contribution in [3.8, 4) is 11.5 Å². The van der Waals surface area contributed by atoms with E-state index in [0.29, 0.717) is 16.3 Å². The quantitative estimate of drug-likeness (QED) is 0.734. The van der Waals surface area contributed by atoms with Gasteiger partial charge in [0, 0.05) is 16.3 Å². The van der Waals surface area contributed by atoms with Crippen LogP contribution in [-0.2, 0) is 6.42 Å². The Labute approximate surface area is 128 Å². The molecule has 0 bridgehead atoms. The van der Waals surface area contributed by atoms with E-state index in [1.807, 2.05) is 12.1 Å². The summed E-state index contributed by atoms with van der Waals surface area (Å²) in [6.45, 7) is 2.14. The van der Waals surface area contributed by atoms with Crippen LogP contribution in [0, 0.1) is 5.92 Å². The molecule has 0 fully saturated rings. The number of methoxy groups -OCH3 is 2. The third-order valence-corrected chi connectivity index (χ3v) is 4.32. The van der Waals surface area contributed by atoms with E-state index in [4.69, 9.17) is 9.47 Å². The molecular weight excluding hydrogens is 320 g/mol. The highest BCUT2D eigenvalue weighted by atomic mass is 79.9. The number of hydrogen-bond donors (Lipinski definition) is 0. The third-order valence-electron chi connectivity index (χ3n) is 3.87. The van der Waals surface area contributed by atoms with Gasteiger partial charge in [0.15, 0.2) is 17.3 Å². The molecule has 0 saturated heterocycles. The van der Waals surface area contributed by atoms with Gasteiger partial charge in [0.2, 0.25) is 0 Å². The lowest BCUT2D eigenvalue weighted by Gasteiger charge is -2.09. The van der Waals surface area contributed by atoms with E-state index in [1.165, 1.54) is 0 Å². The Morgan fingerprint density at radius 2 is 1.95 bits per heavy atom. The molecule has 0 aliphatic heterocycles. The molecule has 0 spiro atoms. The highest BCUT2D eigenvalue weighted by Gasteiger charge is 2.31. The van der Waals surface area contributed by atoms with Gasteiger partial charge in [-0.3, -0.25) is 4.79 Å². The number of Topliss-reactive ketones (excluding diaryl/α,β-unsaturated/α-hetero) is 1. The number of ketones is 1. The van der Waals surface area contributed by atoms with Gasteiger partial charge in [-0.1, -0.05) is 29.3 Å². The van der Waals surface area contributed by atoms with Crippen LogP contribution in [0.2, 0.25) is 0 Å². The van der Waals surface area contributed by atoms with Gasteiger partial charge in [0.25, 0.3) is 0 Å². The topological polar surface area (TPSA) is 35.5 Å². The Morgan fingerprint density at radius 1 is 1.30 bits per heavy atom. The van der Waals surface area contributed by atoms with E-state index >= 15 is 0 Å². The van der Waals surface area contributed by atoms with Crippen LogP contribution in [0.15, 0.2) is 12.1 Å². The molecule has 0 N–H and O–H groups in total. The van der Waals surface area contributed by atoms with Gasteiger partial charge in [0.05, 0.1) is 14.2 Å². The van der Waals surface area contributed by atoms with Crippen LogP contribution < -0.4 is 9.47 Å². The molecule has 2 unspecified atom stereocenters. The largest absolute Gasteiger partial charge is 0.493 e. The van der Waals surface area contributed by atoms with Crippen molar-refractivity contribution in [1.82, 2.24) is 0 Å². The highest BCUT2D eigenvalue weighted by Crippen LogP contribution is 2.38. The molecule has 0 amide bonds. The molecule has 1 aliphatic carbocycles. The van der Waals surface area contributed by atoms with Crippen LogP contribution >= 0.6 is 15.9 Å². The molecule has 2 rings (SSSR count). The summed E-state index contributed by atoms with van der Waals surface area (Å²) in [6, 6.07) is 3.77. The third kappa shape index (κ3) is 3.17. The van der Waals surface area contributed by atoms with Gasteiger partial charge < -0.3 is 9.47 Å². The van der Waals surface area contributed by atoms with Gasteiger partial charge in [-0.25, -0.2) is 0 Å². The maximum Gasteiger partial charge on any atom is 0.166 e. The van der Waals surface area contributed by atoms with Gasteiger partial charge in [-0.2, -0.15) is 0 Å². The number of hydrogen-bond acceptors (Lipinski definition) is 3. The fourth-order valence-electron chi connectivity index (χ4n) is 2.78. The minimum absolute atomic E-state index is 0.119. The van der Waals surface area contributed by atoms with Crippen molar-refractivity contribution in [2.45, 2.75) is 37.4 Å². The first-order chi connectivity index (χ1) is 9.56. The lowest BCUT2D eigenvalue weighted by atomic mass is 9.97. The first-order valence-electron chi connectivity index (χ1n) is 7.00. The zero-order valence-electron chi connectivity index (χ0n) is 12.2. The maximum absolute atomic E-state index is 12.4. The molecule has 1 aromatic carbocycles. The standard InChI is InChI=1S/C16H21BrO3/c1-10(17)5-4-6-11-7-12-8-14(19-2)15(20-3)9-13(12)16(11)18/h8-11H,4-7H2,1-3H3. The predicted octanol–water partition coefficient (Wildman–Crippen LogP) is 4.01. The van der Waals surface area contributed by atoms with E-state index < -0.39 is 0 Å². The molecule has 1 aromatic rings. The van der Waals surface area contributed by atoms with Gasteiger partial charge >= 0.3 is 0 Å². The van der Waals surface area contributed by atoms with Crippen LogP contribution in [0.5, 0.6) is 11.5 Å². The number of fused-ring (bicyclic) bond motifs is 1. The maximum atomic E-state index is 12.4. The average Bonchev–Trinajstić information content (AvgIpc) is 2.73. The van der Waals surface area contributed by atoms with Crippen molar-refractivity contribution in [2.24, 2.45) is 5.92 Å². The minimum Gasteiger partial charge on any atom is -0.493 e. The fourth-order valence-corrected chi connectivity index (χ4v) is 3.10. The van der Waals surface area contributed by atoms with Crippen molar-refractivity contribution in [1.29, 1.82) is 0 Å². The van der Waals surface area contributed by atoms with E-state index in [-0.39, 0.29) is 11.7 Å². The van der Waals surface area contributed by atoms with E-state index in [0.717, 1.165) is 36.8 Å². The Bertz CT molecular complexity index is 497. The molecule has 0 heterocycles. The Morgan fingerprint density at radius 3 is 2.55 bits per heavy atom. The number of benzene rings is 1. The molecule has 0 saturated carbocycles. The number of alkyl halides is 1. The number of carbonyl (C=O) groups excluding carboxylic acids is 1. The molecule has 4 heteroatoms. The monoisotopic (exact) mass is 340 g/mol. The average molecular weight is 341 g/mol. The molecule has 0 aromatic heterocycles.